The van der Waals surface area contributed by atoms with Gasteiger partial charge >= 0.3 is 10.5 Å². The molecular formula is C8H7FN2O3S. The summed E-state index contributed by atoms with van der Waals surface area (Å²) in [4.78, 5) is 3.97. The third-order valence-electron chi connectivity index (χ3n) is 1.89. The lowest BCUT2D eigenvalue weighted by Crippen LogP contribution is -2.00. The average Bonchev–Trinajstić information content (AvgIpc) is 2.45. The summed E-state index contributed by atoms with van der Waals surface area (Å²) in [5.41, 5.74) is 1.34. The third-order valence-corrected chi connectivity index (χ3v) is 2.28. The highest BCUT2D eigenvalue weighted by molar-refractivity contribution is 7.81. The molecule has 0 amide bonds. The van der Waals surface area contributed by atoms with Crippen molar-refractivity contribution in [2.75, 3.05) is 0 Å². The minimum atomic E-state index is -4.97. The van der Waals surface area contributed by atoms with E-state index in [1.54, 1.807) is 24.0 Å². The molecule has 80 valence electrons. The molecule has 0 aliphatic carbocycles. The lowest BCUT2D eigenvalue weighted by atomic mass is 10.3. The third kappa shape index (κ3) is 2.07. The molecule has 0 aliphatic rings. The van der Waals surface area contributed by atoms with Gasteiger partial charge in [-0.25, -0.2) is 4.98 Å². The zero-order valence-electron chi connectivity index (χ0n) is 7.71. The van der Waals surface area contributed by atoms with Crippen LogP contribution < -0.4 is 4.18 Å². The minimum Gasteiger partial charge on any atom is -0.358 e. The van der Waals surface area contributed by atoms with Crippen LogP contribution in [0.1, 0.15) is 0 Å². The molecular weight excluding hydrogens is 223 g/mol. The van der Waals surface area contributed by atoms with E-state index >= 15 is 0 Å². The maximum Gasteiger partial charge on any atom is 0.488 e. The van der Waals surface area contributed by atoms with Crippen LogP contribution >= 0.6 is 0 Å². The van der Waals surface area contributed by atoms with Crippen LogP contribution in [0.15, 0.2) is 24.5 Å². The van der Waals surface area contributed by atoms with Crippen LogP contribution in [-0.2, 0) is 17.6 Å². The Labute approximate surface area is 85.5 Å². The van der Waals surface area contributed by atoms with Crippen LogP contribution in [0.4, 0.5) is 3.89 Å². The second kappa shape index (κ2) is 3.20. The van der Waals surface area contributed by atoms with E-state index in [2.05, 4.69) is 9.17 Å². The Balaban J connectivity index is 2.48. The molecule has 1 aromatic carbocycles. The number of aromatic nitrogens is 2. The van der Waals surface area contributed by atoms with Gasteiger partial charge in [-0.15, -0.1) is 0 Å². The molecule has 15 heavy (non-hydrogen) atoms. The van der Waals surface area contributed by atoms with Crippen LogP contribution in [0.5, 0.6) is 5.75 Å². The Kier molecular flexibility index (Phi) is 2.11. The van der Waals surface area contributed by atoms with Gasteiger partial charge < -0.3 is 8.75 Å². The van der Waals surface area contributed by atoms with Crippen molar-refractivity contribution in [3.63, 3.8) is 0 Å². The summed E-state index contributed by atoms with van der Waals surface area (Å²) in [5, 5.41) is 0. The van der Waals surface area contributed by atoms with Gasteiger partial charge in [-0.3, -0.25) is 0 Å². The zero-order chi connectivity index (χ0) is 11.1. The van der Waals surface area contributed by atoms with Gasteiger partial charge in [-0.2, -0.15) is 8.42 Å². The fourth-order valence-corrected chi connectivity index (χ4v) is 1.62. The quantitative estimate of drug-likeness (QED) is 0.726. The summed E-state index contributed by atoms with van der Waals surface area (Å²) in [6, 6.07) is 4.32. The van der Waals surface area contributed by atoms with Crippen LogP contribution in [0.3, 0.4) is 0 Å². The molecule has 2 aromatic rings. The van der Waals surface area contributed by atoms with Crippen molar-refractivity contribution in [1.82, 2.24) is 9.55 Å². The predicted octanol–water partition coefficient (Wildman–Crippen LogP) is 1.17. The lowest BCUT2D eigenvalue weighted by molar-refractivity contribution is 0.440. The standard InChI is InChI=1S/C8H7FN2O3S/c1-11-5-10-7-4-6(2-3-8(7)11)14-15(9,12)13/h2-5H,1H3. The number of benzene rings is 1. The van der Waals surface area contributed by atoms with Crippen molar-refractivity contribution < 1.29 is 16.5 Å². The van der Waals surface area contributed by atoms with E-state index < -0.39 is 10.5 Å². The average molecular weight is 230 g/mol. The normalized spacial score (nSPS) is 11.9. The van der Waals surface area contributed by atoms with E-state index in [-0.39, 0.29) is 5.75 Å². The summed E-state index contributed by atoms with van der Waals surface area (Å²) >= 11 is 0. The highest BCUT2D eigenvalue weighted by atomic mass is 32.3. The van der Waals surface area contributed by atoms with Crippen LogP contribution in [0.25, 0.3) is 11.0 Å². The number of nitrogens with zero attached hydrogens (tertiary/aromatic N) is 2. The highest BCUT2D eigenvalue weighted by Crippen LogP contribution is 2.20. The first-order valence-electron chi connectivity index (χ1n) is 4.01. The molecule has 0 saturated carbocycles. The van der Waals surface area contributed by atoms with Crippen LogP contribution in [-0.4, -0.2) is 18.0 Å². The summed E-state index contributed by atoms with van der Waals surface area (Å²) in [6.07, 6.45) is 1.57. The summed E-state index contributed by atoms with van der Waals surface area (Å²) < 4.78 is 38.5. The molecule has 1 heterocycles. The van der Waals surface area contributed by atoms with Crippen molar-refractivity contribution in [2.45, 2.75) is 0 Å². The SMILES string of the molecule is Cn1cnc2cc(OS(=O)(=O)F)ccc21. The molecule has 0 unspecified atom stereocenters. The molecule has 0 N–H and O–H groups in total. The molecule has 1 aromatic heterocycles. The zero-order valence-corrected chi connectivity index (χ0v) is 8.53. The van der Waals surface area contributed by atoms with E-state index in [0.29, 0.717) is 5.52 Å². The lowest BCUT2D eigenvalue weighted by Gasteiger charge is -1.99. The number of aryl methyl sites for hydroxylation is 1. The van der Waals surface area contributed by atoms with Crippen molar-refractivity contribution in [2.24, 2.45) is 7.05 Å². The van der Waals surface area contributed by atoms with Gasteiger partial charge in [-0.05, 0) is 12.1 Å². The number of halogens is 1. The first kappa shape index (κ1) is 9.91. The predicted molar refractivity (Wildman–Crippen MR) is 51.4 cm³/mol. The molecule has 0 fully saturated rings. The van der Waals surface area contributed by atoms with Crippen molar-refractivity contribution in [1.29, 1.82) is 0 Å². The van der Waals surface area contributed by atoms with Gasteiger partial charge in [0.15, 0.2) is 0 Å². The van der Waals surface area contributed by atoms with E-state index in [1.807, 2.05) is 0 Å². The first-order chi connectivity index (χ1) is 6.96. The molecule has 0 saturated heterocycles. The Bertz CT molecular complexity index is 605. The van der Waals surface area contributed by atoms with E-state index in [9.17, 15) is 12.3 Å². The Morgan fingerprint density at radius 2 is 2.20 bits per heavy atom. The first-order valence-corrected chi connectivity index (χ1v) is 5.32. The fourth-order valence-electron chi connectivity index (χ4n) is 1.28. The Morgan fingerprint density at radius 1 is 1.47 bits per heavy atom. The van der Waals surface area contributed by atoms with Crippen molar-refractivity contribution in [3.05, 3.63) is 24.5 Å². The van der Waals surface area contributed by atoms with Crippen molar-refractivity contribution >= 4 is 21.5 Å². The van der Waals surface area contributed by atoms with Gasteiger partial charge in [0.05, 0.1) is 17.4 Å². The van der Waals surface area contributed by atoms with E-state index in [0.717, 1.165) is 5.52 Å². The van der Waals surface area contributed by atoms with Gasteiger partial charge in [0, 0.05) is 13.1 Å². The summed E-state index contributed by atoms with van der Waals surface area (Å²) in [5.74, 6) is -0.0938. The fraction of sp³-hybridized carbons (Fsp3) is 0.125. The van der Waals surface area contributed by atoms with Crippen molar-refractivity contribution in [3.8, 4) is 5.75 Å². The van der Waals surface area contributed by atoms with Gasteiger partial charge in [0.2, 0.25) is 0 Å². The Hall–Kier alpha value is -1.63. The van der Waals surface area contributed by atoms with Gasteiger partial charge in [0.25, 0.3) is 0 Å². The summed E-state index contributed by atoms with van der Waals surface area (Å²) in [7, 11) is -3.18. The van der Waals surface area contributed by atoms with Crippen LogP contribution in [0, 0.1) is 0 Å². The molecule has 0 bridgehead atoms. The maximum absolute atomic E-state index is 12.2. The minimum absolute atomic E-state index is 0.0938. The second-order valence-corrected chi connectivity index (χ2v) is 3.94. The molecule has 0 aliphatic heterocycles. The van der Waals surface area contributed by atoms with Gasteiger partial charge in [0.1, 0.15) is 5.75 Å². The Morgan fingerprint density at radius 3 is 2.87 bits per heavy atom. The molecule has 0 atom stereocenters. The molecule has 5 nitrogen and oxygen atoms in total. The molecule has 7 heteroatoms. The topological polar surface area (TPSA) is 61.2 Å². The second-order valence-electron chi connectivity index (χ2n) is 2.98. The number of hydrogen-bond donors (Lipinski definition) is 0. The summed E-state index contributed by atoms with van der Waals surface area (Å²) in [6.45, 7) is 0. The van der Waals surface area contributed by atoms with Crippen LogP contribution in [0.2, 0.25) is 0 Å². The number of rotatable bonds is 2. The smallest absolute Gasteiger partial charge is 0.358 e. The maximum atomic E-state index is 12.2. The van der Waals surface area contributed by atoms with E-state index in [1.165, 1.54) is 12.1 Å². The number of fused-ring (bicyclic) bond motifs is 1. The molecule has 2 rings (SSSR count). The number of hydrogen-bond acceptors (Lipinski definition) is 4. The van der Waals surface area contributed by atoms with Gasteiger partial charge in [-0.1, -0.05) is 3.89 Å². The molecule has 0 spiro atoms. The molecule has 0 radical (unpaired) electrons. The highest BCUT2D eigenvalue weighted by Gasteiger charge is 2.10. The number of imidazole rings is 1. The van der Waals surface area contributed by atoms with E-state index in [4.69, 9.17) is 0 Å². The largest absolute Gasteiger partial charge is 0.488 e. The monoisotopic (exact) mass is 230 g/mol.